The standard InChI is InChI=1S/C24H23F2N3/c1-17-18(2)29(24-15-27-13-11-23(17)24)28(16-20-5-9-22(26)10-6-20)14-12-19-3-7-21(25)8-4-19/h3-11,13,15H,12,14,16H2,1-2H3. The quantitative estimate of drug-likeness (QED) is 0.444. The SMILES string of the molecule is Cc1c(C)n(N(CCc2ccc(F)cc2)Cc2ccc(F)cc2)c2cnccc12. The number of aryl methyl sites for hydroxylation is 1. The zero-order chi connectivity index (χ0) is 20.4. The van der Waals surface area contributed by atoms with Crippen molar-refractivity contribution in [3.8, 4) is 0 Å². The molecule has 2 heterocycles. The predicted molar refractivity (Wildman–Crippen MR) is 112 cm³/mol. The van der Waals surface area contributed by atoms with Crippen molar-refractivity contribution in [2.45, 2.75) is 26.8 Å². The van der Waals surface area contributed by atoms with Gasteiger partial charge < -0.3 is 5.01 Å². The van der Waals surface area contributed by atoms with Gasteiger partial charge in [-0.05, 0) is 67.3 Å². The molecule has 0 aliphatic rings. The molecule has 0 atom stereocenters. The molecule has 0 aliphatic carbocycles. The average Bonchev–Trinajstić information content (AvgIpc) is 2.99. The van der Waals surface area contributed by atoms with Gasteiger partial charge in [0.1, 0.15) is 11.6 Å². The molecule has 3 nitrogen and oxygen atoms in total. The van der Waals surface area contributed by atoms with Gasteiger partial charge in [0.2, 0.25) is 0 Å². The number of rotatable bonds is 6. The molecule has 0 bridgehead atoms. The summed E-state index contributed by atoms with van der Waals surface area (Å²) in [4.78, 5) is 4.32. The molecule has 4 aromatic rings. The molecular weight excluding hydrogens is 368 g/mol. The van der Waals surface area contributed by atoms with E-state index in [1.807, 2.05) is 42.7 Å². The number of aromatic nitrogens is 2. The van der Waals surface area contributed by atoms with Gasteiger partial charge in [-0.2, -0.15) is 0 Å². The van der Waals surface area contributed by atoms with Gasteiger partial charge in [-0.15, -0.1) is 0 Å². The number of halogens is 2. The number of benzene rings is 2. The zero-order valence-electron chi connectivity index (χ0n) is 16.6. The van der Waals surface area contributed by atoms with Crippen molar-refractivity contribution >= 4 is 10.9 Å². The smallest absolute Gasteiger partial charge is 0.123 e. The number of nitrogens with zero attached hydrogens (tertiary/aromatic N) is 3. The largest absolute Gasteiger partial charge is 0.308 e. The minimum Gasteiger partial charge on any atom is -0.308 e. The first-order valence-corrected chi connectivity index (χ1v) is 9.68. The number of hydrogen-bond donors (Lipinski definition) is 0. The van der Waals surface area contributed by atoms with Crippen molar-refractivity contribution in [2.24, 2.45) is 0 Å². The Morgan fingerprint density at radius 1 is 0.862 bits per heavy atom. The molecule has 4 rings (SSSR count). The second kappa shape index (κ2) is 8.03. The predicted octanol–water partition coefficient (Wildman–Crippen LogP) is 5.31. The summed E-state index contributed by atoms with van der Waals surface area (Å²) in [7, 11) is 0. The van der Waals surface area contributed by atoms with Crippen LogP contribution >= 0.6 is 0 Å². The summed E-state index contributed by atoms with van der Waals surface area (Å²) in [5.74, 6) is -0.472. The van der Waals surface area contributed by atoms with Gasteiger partial charge in [0.25, 0.3) is 0 Å². The minimum atomic E-state index is -0.241. The molecule has 0 N–H and O–H groups in total. The van der Waals surface area contributed by atoms with E-state index in [-0.39, 0.29) is 11.6 Å². The molecule has 0 radical (unpaired) electrons. The van der Waals surface area contributed by atoms with Gasteiger partial charge in [0, 0.05) is 23.8 Å². The molecule has 2 aromatic carbocycles. The highest BCUT2D eigenvalue weighted by atomic mass is 19.1. The summed E-state index contributed by atoms with van der Waals surface area (Å²) < 4.78 is 28.8. The van der Waals surface area contributed by atoms with Crippen molar-refractivity contribution in [1.29, 1.82) is 0 Å². The molecule has 2 aromatic heterocycles. The Hall–Kier alpha value is -3.21. The molecular formula is C24H23F2N3. The third kappa shape index (κ3) is 3.99. The fourth-order valence-electron chi connectivity index (χ4n) is 3.73. The molecule has 0 amide bonds. The Labute approximate surface area is 169 Å². The van der Waals surface area contributed by atoms with Gasteiger partial charge in [-0.1, -0.05) is 24.3 Å². The summed E-state index contributed by atoms with van der Waals surface area (Å²) in [6.45, 7) is 5.57. The van der Waals surface area contributed by atoms with E-state index in [0.29, 0.717) is 6.54 Å². The average molecular weight is 391 g/mol. The fraction of sp³-hybridized carbons (Fsp3) is 0.208. The lowest BCUT2D eigenvalue weighted by Gasteiger charge is -2.29. The van der Waals surface area contributed by atoms with Gasteiger partial charge >= 0.3 is 0 Å². The molecule has 0 aliphatic heterocycles. The van der Waals surface area contributed by atoms with E-state index in [1.165, 1.54) is 35.2 Å². The van der Waals surface area contributed by atoms with Crippen LogP contribution in [0, 0.1) is 25.5 Å². The summed E-state index contributed by atoms with van der Waals surface area (Å²) in [6.07, 6.45) is 4.45. The summed E-state index contributed by atoms with van der Waals surface area (Å²) in [5, 5.41) is 3.41. The van der Waals surface area contributed by atoms with E-state index in [0.717, 1.165) is 35.3 Å². The summed E-state index contributed by atoms with van der Waals surface area (Å²) in [6, 6.07) is 15.2. The molecule has 0 unspecified atom stereocenters. The topological polar surface area (TPSA) is 21.1 Å². The number of hydrogen-bond acceptors (Lipinski definition) is 2. The second-order valence-electron chi connectivity index (χ2n) is 7.31. The van der Waals surface area contributed by atoms with E-state index in [2.05, 4.69) is 28.5 Å². The zero-order valence-corrected chi connectivity index (χ0v) is 16.6. The molecule has 0 saturated carbocycles. The maximum Gasteiger partial charge on any atom is 0.123 e. The van der Waals surface area contributed by atoms with E-state index in [1.54, 1.807) is 0 Å². The van der Waals surface area contributed by atoms with Crippen LogP contribution in [0.3, 0.4) is 0 Å². The summed E-state index contributed by atoms with van der Waals surface area (Å²) in [5.41, 5.74) is 5.50. The van der Waals surface area contributed by atoms with Crippen LogP contribution in [0.15, 0.2) is 67.0 Å². The highest BCUT2D eigenvalue weighted by Crippen LogP contribution is 2.25. The van der Waals surface area contributed by atoms with Crippen molar-refractivity contribution in [2.75, 3.05) is 11.6 Å². The van der Waals surface area contributed by atoms with Crippen LogP contribution < -0.4 is 5.01 Å². The Morgan fingerprint density at radius 3 is 2.14 bits per heavy atom. The lowest BCUT2D eigenvalue weighted by atomic mass is 10.1. The molecule has 0 saturated heterocycles. The number of pyridine rings is 1. The Morgan fingerprint density at radius 2 is 1.48 bits per heavy atom. The summed E-state index contributed by atoms with van der Waals surface area (Å²) >= 11 is 0. The first kappa shape index (κ1) is 19.1. The van der Waals surface area contributed by atoms with Crippen molar-refractivity contribution in [1.82, 2.24) is 9.66 Å². The second-order valence-corrected chi connectivity index (χ2v) is 7.31. The van der Waals surface area contributed by atoms with E-state index < -0.39 is 0 Å². The first-order valence-electron chi connectivity index (χ1n) is 9.68. The lowest BCUT2D eigenvalue weighted by molar-refractivity contribution is 0.579. The molecule has 148 valence electrons. The van der Waals surface area contributed by atoms with Crippen molar-refractivity contribution in [3.05, 3.63) is 101 Å². The van der Waals surface area contributed by atoms with E-state index in [9.17, 15) is 8.78 Å². The normalized spacial score (nSPS) is 11.2. The monoisotopic (exact) mass is 391 g/mol. The van der Waals surface area contributed by atoms with Crippen molar-refractivity contribution < 1.29 is 8.78 Å². The third-order valence-corrected chi connectivity index (χ3v) is 5.43. The molecule has 29 heavy (non-hydrogen) atoms. The highest BCUT2D eigenvalue weighted by molar-refractivity contribution is 5.84. The Balaban J connectivity index is 1.70. The first-order chi connectivity index (χ1) is 14.0. The maximum atomic E-state index is 13.4. The molecule has 0 fully saturated rings. The molecule has 0 spiro atoms. The lowest BCUT2D eigenvalue weighted by Crippen LogP contribution is -2.36. The van der Waals surface area contributed by atoms with Gasteiger partial charge in [0.15, 0.2) is 0 Å². The van der Waals surface area contributed by atoms with E-state index >= 15 is 0 Å². The van der Waals surface area contributed by atoms with Crippen LogP contribution in [0.1, 0.15) is 22.4 Å². The van der Waals surface area contributed by atoms with Crippen molar-refractivity contribution in [3.63, 3.8) is 0 Å². The Kier molecular flexibility index (Phi) is 5.30. The Bertz CT molecular complexity index is 1120. The van der Waals surface area contributed by atoms with Crippen LogP contribution in [0.25, 0.3) is 10.9 Å². The highest BCUT2D eigenvalue weighted by Gasteiger charge is 2.17. The third-order valence-electron chi connectivity index (χ3n) is 5.43. The van der Waals surface area contributed by atoms with Gasteiger partial charge in [-0.3, -0.25) is 9.66 Å². The van der Waals surface area contributed by atoms with Crippen LogP contribution in [0.5, 0.6) is 0 Å². The van der Waals surface area contributed by atoms with E-state index in [4.69, 9.17) is 0 Å². The maximum absolute atomic E-state index is 13.4. The van der Waals surface area contributed by atoms with Crippen LogP contribution in [-0.2, 0) is 13.0 Å². The van der Waals surface area contributed by atoms with Crippen LogP contribution in [-0.4, -0.2) is 16.2 Å². The number of fused-ring (bicyclic) bond motifs is 1. The molecule has 5 heteroatoms. The van der Waals surface area contributed by atoms with Gasteiger partial charge in [0.05, 0.1) is 18.3 Å². The van der Waals surface area contributed by atoms with Gasteiger partial charge in [-0.25, -0.2) is 8.78 Å². The minimum absolute atomic E-state index is 0.231. The fourth-order valence-corrected chi connectivity index (χ4v) is 3.73. The van der Waals surface area contributed by atoms with Crippen LogP contribution in [0.4, 0.5) is 8.78 Å². The van der Waals surface area contributed by atoms with Crippen LogP contribution in [0.2, 0.25) is 0 Å².